The van der Waals surface area contributed by atoms with Gasteiger partial charge in [0.05, 0.1) is 19.6 Å². The maximum absolute atomic E-state index is 13.1. The second kappa shape index (κ2) is 8.27. The number of hydrogen-bond donors (Lipinski definition) is 0. The average molecular weight is 380 g/mol. The first-order valence-corrected chi connectivity index (χ1v) is 10.1. The van der Waals surface area contributed by atoms with Crippen molar-refractivity contribution >= 4 is 5.91 Å². The van der Waals surface area contributed by atoms with Gasteiger partial charge in [-0.3, -0.25) is 4.79 Å². The van der Waals surface area contributed by atoms with Crippen LogP contribution in [0.2, 0.25) is 0 Å². The highest BCUT2D eigenvalue weighted by Gasteiger charge is 2.30. The Morgan fingerprint density at radius 1 is 1.21 bits per heavy atom. The SMILES string of the molecule is COc1ccc(CC(=O)N2CCCC[C@H]2c2ncc3c(n2)CCN(C)C3)cc1. The predicted molar refractivity (Wildman–Crippen MR) is 107 cm³/mol. The highest BCUT2D eigenvalue weighted by Crippen LogP contribution is 2.30. The van der Waals surface area contributed by atoms with Crippen molar-refractivity contribution in [3.05, 3.63) is 53.1 Å². The summed E-state index contributed by atoms with van der Waals surface area (Å²) >= 11 is 0. The summed E-state index contributed by atoms with van der Waals surface area (Å²) in [6.45, 7) is 2.71. The Labute approximate surface area is 166 Å². The van der Waals surface area contributed by atoms with Crippen molar-refractivity contribution in [2.75, 3.05) is 27.2 Å². The molecule has 0 N–H and O–H groups in total. The van der Waals surface area contributed by atoms with Gasteiger partial charge >= 0.3 is 0 Å². The first kappa shape index (κ1) is 18.9. The molecule has 0 radical (unpaired) electrons. The molecule has 2 aliphatic heterocycles. The summed E-state index contributed by atoms with van der Waals surface area (Å²) in [5.74, 6) is 1.77. The molecule has 2 aliphatic rings. The maximum atomic E-state index is 13.1. The fraction of sp³-hybridized carbons (Fsp3) is 0.500. The molecule has 0 spiro atoms. The highest BCUT2D eigenvalue weighted by atomic mass is 16.5. The van der Waals surface area contributed by atoms with Gasteiger partial charge in [-0.25, -0.2) is 9.97 Å². The fourth-order valence-electron chi connectivity index (χ4n) is 4.15. The summed E-state index contributed by atoms with van der Waals surface area (Å²) in [4.78, 5) is 26.9. The summed E-state index contributed by atoms with van der Waals surface area (Å²) in [7, 11) is 3.77. The molecule has 1 fully saturated rings. The molecule has 28 heavy (non-hydrogen) atoms. The van der Waals surface area contributed by atoms with Crippen LogP contribution in [0.1, 0.15) is 47.9 Å². The molecule has 6 heteroatoms. The van der Waals surface area contributed by atoms with E-state index in [2.05, 4.69) is 16.9 Å². The third-order valence-electron chi connectivity index (χ3n) is 5.78. The van der Waals surface area contributed by atoms with Crippen molar-refractivity contribution in [1.82, 2.24) is 19.8 Å². The number of piperidine rings is 1. The Morgan fingerprint density at radius 2 is 2.04 bits per heavy atom. The number of methoxy groups -OCH3 is 1. The first-order chi connectivity index (χ1) is 13.6. The summed E-state index contributed by atoms with van der Waals surface area (Å²) in [5, 5.41) is 0. The molecule has 0 saturated carbocycles. The Kier molecular flexibility index (Phi) is 5.57. The number of amides is 1. The van der Waals surface area contributed by atoms with Crippen LogP contribution in [0, 0.1) is 0 Å². The van der Waals surface area contributed by atoms with Crippen LogP contribution in [0.15, 0.2) is 30.5 Å². The van der Waals surface area contributed by atoms with Crippen LogP contribution in [0.4, 0.5) is 0 Å². The molecular weight excluding hydrogens is 352 g/mol. The number of likely N-dealkylation sites (N-methyl/N-ethyl adjacent to an activating group) is 1. The Balaban J connectivity index is 1.51. The molecule has 1 aromatic carbocycles. The van der Waals surface area contributed by atoms with E-state index in [0.29, 0.717) is 6.42 Å². The van der Waals surface area contributed by atoms with E-state index >= 15 is 0 Å². The summed E-state index contributed by atoms with van der Waals surface area (Å²) in [5.41, 5.74) is 3.37. The van der Waals surface area contributed by atoms with Crippen molar-refractivity contribution < 1.29 is 9.53 Å². The van der Waals surface area contributed by atoms with Crippen molar-refractivity contribution in [3.63, 3.8) is 0 Å². The third kappa shape index (κ3) is 4.02. The maximum Gasteiger partial charge on any atom is 0.227 e. The van der Waals surface area contributed by atoms with Crippen LogP contribution in [-0.4, -0.2) is 52.9 Å². The van der Waals surface area contributed by atoms with Gasteiger partial charge in [0.15, 0.2) is 5.82 Å². The van der Waals surface area contributed by atoms with Crippen LogP contribution >= 0.6 is 0 Å². The molecule has 1 atom stereocenters. The van der Waals surface area contributed by atoms with E-state index < -0.39 is 0 Å². The predicted octanol–water partition coefficient (Wildman–Crippen LogP) is 2.77. The minimum absolute atomic E-state index is 0.00976. The number of benzene rings is 1. The lowest BCUT2D eigenvalue weighted by Gasteiger charge is -2.35. The lowest BCUT2D eigenvalue weighted by Crippen LogP contribution is -2.40. The van der Waals surface area contributed by atoms with Crippen molar-refractivity contribution in [2.24, 2.45) is 0 Å². The Hall–Kier alpha value is -2.47. The highest BCUT2D eigenvalue weighted by molar-refractivity contribution is 5.79. The molecule has 1 amide bonds. The van der Waals surface area contributed by atoms with Gasteiger partial charge in [0.1, 0.15) is 5.75 Å². The van der Waals surface area contributed by atoms with E-state index in [1.807, 2.05) is 35.4 Å². The smallest absolute Gasteiger partial charge is 0.227 e. The zero-order chi connectivity index (χ0) is 19.5. The second-order valence-corrected chi connectivity index (χ2v) is 7.81. The minimum Gasteiger partial charge on any atom is -0.497 e. The molecular formula is C22H28N4O2. The topological polar surface area (TPSA) is 58.6 Å². The van der Waals surface area contributed by atoms with E-state index in [4.69, 9.17) is 9.72 Å². The number of carbonyl (C=O) groups is 1. The van der Waals surface area contributed by atoms with E-state index in [-0.39, 0.29) is 11.9 Å². The Bertz CT molecular complexity index is 837. The molecule has 4 rings (SSSR count). The minimum atomic E-state index is -0.00976. The van der Waals surface area contributed by atoms with Crippen LogP contribution in [0.3, 0.4) is 0 Å². The summed E-state index contributed by atoms with van der Waals surface area (Å²) in [6.07, 6.45) is 6.41. The van der Waals surface area contributed by atoms with E-state index in [1.165, 1.54) is 5.56 Å². The lowest BCUT2D eigenvalue weighted by molar-refractivity contribution is -0.134. The van der Waals surface area contributed by atoms with Gasteiger partial charge in [0.25, 0.3) is 0 Å². The van der Waals surface area contributed by atoms with E-state index in [0.717, 1.165) is 68.1 Å². The normalized spacial score (nSPS) is 19.9. The van der Waals surface area contributed by atoms with Gasteiger partial charge in [0.2, 0.25) is 5.91 Å². The van der Waals surface area contributed by atoms with Gasteiger partial charge in [0, 0.05) is 43.5 Å². The average Bonchev–Trinajstić information content (AvgIpc) is 2.74. The molecule has 6 nitrogen and oxygen atoms in total. The van der Waals surface area contributed by atoms with Crippen LogP contribution in [0.5, 0.6) is 5.75 Å². The molecule has 0 aliphatic carbocycles. The number of ether oxygens (including phenoxy) is 1. The number of rotatable bonds is 4. The largest absolute Gasteiger partial charge is 0.497 e. The van der Waals surface area contributed by atoms with Gasteiger partial charge in [-0.15, -0.1) is 0 Å². The number of likely N-dealkylation sites (tertiary alicyclic amines) is 1. The van der Waals surface area contributed by atoms with E-state index in [9.17, 15) is 4.79 Å². The molecule has 0 bridgehead atoms. The van der Waals surface area contributed by atoms with Gasteiger partial charge in [-0.2, -0.15) is 0 Å². The molecule has 1 aromatic heterocycles. The first-order valence-electron chi connectivity index (χ1n) is 10.1. The second-order valence-electron chi connectivity index (χ2n) is 7.81. The molecule has 3 heterocycles. The number of hydrogen-bond acceptors (Lipinski definition) is 5. The molecule has 1 saturated heterocycles. The quantitative estimate of drug-likeness (QED) is 0.816. The van der Waals surface area contributed by atoms with Gasteiger partial charge in [-0.05, 0) is 44.0 Å². The van der Waals surface area contributed by atoms with Crippen LogP contribution in [0.25, 0.3) is 0 Å². The fourth-order valence-corrected chi connectivity index (χ4v) is 4.15. The van der Waals surface area contributed by atoms with Crippen LogP contribution in [-0.2, 0) is 24.2 Å². The summed E-state index contributed by atoms with van der Waals surface area (Å²) < 4.78 is 5.20. The van der Waals surface area contributed by atoms with Gasteiger partial charge in [-0.1, -0.05) is 12.1 Å². The van der Waals surface area contributed by atoms with Crippen molar-refractivity contribution in [2.45, 2.75) is 44.7 Å². The summed E-state index contributed by atoms with van der Waals surface area (Å²) in [6, 6.07) is 7.72. The zero-order valence-electron chi connectivity index (χ0n) is 16.7. The monoisotopic (exact) mass is 380 g/mol. The number of fused-ring (bicyclic) bond motifs is 1. The third-order valence-corrected chi connectivity index (χ3v) is 5.78. The lowest BCUT2D eigenvalue weighted by atomic mass is 9.99. The van der Waals surface area contributed by atoms with E-state index in [1.54, 1.807) is 7.11 Å². The molecule has 2 aromatic rings. The van der Waals surface area contributed by atoms with Crippen molar-refractivity contribution in [1.29, 1.82) is 0 Å². The van der Waals surface area contributed by atoms with Crippen LogP contribution < -0.4 is 4.74 Å². The number of nitrogens with zero attached hydrogens (tertiary/aromatic N) is 4. The zero-order valence-corrected chi connectivity index (χ0v) is 16.7. The molecule has 148 valence electrons. The Morgan fingerprint density at radius 3 is 2.82 bits per heavy atom. The number of carbonyl (C=O) groups excluding carboxylic acids is 1. The van der Waals surface area contributed by atoms with Crippen molar-refractivity contribution in [3.8, 4) is 5.75 Å². The number of aromatic nitrogens is 2. The van der Waals surface area contributed by atoms with Gasteiger partial charge < -0.3 is 14.5 Å². The standard InChI is InChI=1S/C22H28N4O2/c1-25-12-10-19-17(15-25)14-23-22(24-19)20-5-3-4-11-26(20)21(27)13-16-6-8-18(28-2)9-7-16/h6-9,14,20H,3-5,10-13,15H2,1-2H3/t20-/m0/s1. The molecule has 0 unspecified atom stereocenters.